The topological polar surface area (TPSA) is 12.0 Å². The zero-order chi connectivity index (χ0) is 25.4. The van der Waals surface area contributed by atoms with E-state index in [2.05, 4.69) is 135 Å². The molecule has 0 aliphatic heterocycles. The van der Waals surface area contributed by atoms with Crippen molar-refractivity contribution < 1.29 is 0 Å². The monoisotopic (exact) mass is 497 g/mol. The van der Waals surface area contributed by atoms with Gasteiger partial charge in [-0.15, -0.1) is 0 Å². The number of benzene rings is 5. The van der Waals surface area contributed by atoms with Crippen LogP contribution < -0.4 is 5.32 Å². The number of fused-ring (bicyclic) bond motifs is 10. The maximum absolute atomic E-state index is 6.83. The average Bonchev–Trinajstić information content (AvgIpc) is 3.37. The molecule has 2 aliphatic rings. The Morgan fingerprint density at radius 1 is 0.568 bits per heavy atom. The van der Waals surface area contributed by atoms with Gasteiger partial charge in [0.25, 0.3) is 0 Å². The molecule has 1 spiro atoms. The predicted octanol–water partition coefficient (Wildman–Crippen LogP) is 9.72. The molecule has 0 fully saturated rings. The van der Waals surface area contributed by atoms with E-state index < -0.39 is 0 Å². The minimum Gasteiger partial charge on any atom is -0.354 e. The van der Waals surface area contributed by atoms with Gasteiger partial charge in [0.15, 0.2) is 0 Å². The lowest BCUT2D eigenvalue weighted by atomic mass is 9.70. The SMILES string of the molecule is CC(C)(C)c1ccc(Nc2cccc3c2-c2ccccc2C32c3ccccc3-c3ccccc32)c(Cl)c1. The highest BCUT2D eigenvalue weighted by Crippen LogP contribution is 2.63. The van der Waals surface area contributed by atoms with E-state index in [4.69, 9.17) is 11.6 Å². The summed E-state index contributed by atoms with van der Waals surface area (Å²) in [7, 11) is 0. The second kappa shape index (κ2) is 7.84. The first-order chi connectivity index (χ1) is 17.9. The maximum atomic E-state index is 6.83. The summed E-state index contributed by atoms with van der Waals surface area (Å²) in [5.41, 5.74) is 13.5. The molecular weight excluding hydrogens is 470 g/mol. The Labute approximate surface area is 223 Å². The molecule has 0 bridgehead atoms. The van der Waals surface area contributed by atoms with Crippen molar-refractivity contribution in [3.8, 4) is 22.3 Å². The second-order valence-electron chi connectivity index (χ2n) is 11.2. The van der Waals surface area contributed by atoms with Crippen molar-refractivity contribution in [3.05, 3.63) is 142 Å². The van der Waals surface area contributed by atoms with Gasteiger partial charge >= 0.3 is 0 Å². The zero-order valence-electron chi connectivity index (χ0n) is 21.3. The molecule has 0 radical (unpaired) electrons. The summed E-state index contributed by atoms with van der Waals surface area (Å²) in [6.45, 7) is 6.64. The predicted molar refractivity (Wildman–Crippen MR) is 156 cm³/mol. The summed E-state index contributed by atoms with van der Waals surface area (Å²) in [5, 5.41) is 4.45. The molecule has 2 heteroatoms. The van der Waals surface area contributed by atoms with Crippen molar-refractivity contribution in [2.45, 2.75) is 31.6 Å². The Kier molecular flexibility index (Phi) is 4.75. The van der Waals surface area contributed by atoms with Gasteiger partial charge in [0.2, 0.25) is 0 Å². The minimum absolute atomic E-state index is 0.0464. The minimum atomic E-state index is -0.337. The first kappa shape index (κ1) is 22.4. The molecule has 1 N–H and O–H groups in total. The highest BCUT2D eigenvalue weighted by molar-refractivity contribution is 6.33. The van der Waals surface area contributed by atoms with Crippen LogP contribution in [0, 0.1) is 0 Å². The number of anilines is 2. The van der Waals surface area contributed by atoms with Crippen LogP contribution in [0.25, 0.3) is 22.3 Å². The maximum Gasteiger partial charge on any atom is 0.0726 e. The molecule has 5 aromatic rings. The van der Waals surface area contributed by atoms with E-state index in [9.17, 15) is 0 Å². The fourth-order valence-corrected chi connectivity index (χ4v) is 6.70. The van der Waals surface area contributed by atoms with Crippen molar-refractivity contribution in [1.82, 2.24) is 0 Å². The lowest BCUT2D eigenvalue weighted by Crippen LogP contribution is -2.25. The molecule has 37 heavy (non-hydrogen) atoms. The Morgan fingerprint density at radius 3 is 1.70 bits per heavy atom. The van der Waals surface area contributed by atoms with E-state index in [0.717, 1.165) is 16.4 Å². The Balaban J connectivity index is 1.48. The number of hydrogen-bond acceptors (Lipinski definition) is 1. The summed E-state index contributed by atoms with van der Waals surface area (Å²) in [6.07, 6.45) is 0. The quantitative estimate of drug-likeness (QED) is 0.250. The van der Waals surface area contributed by atoms with Gasteiger partial charge in [-0.3, -0.25) is 0 Å². The van der Waals surface area contributed by atoms with Crippen molar-refractivity contribution in [2.75, 3.05) is 5.32 Å². The molecule has 0 saturated carbocycles. The van der Waals surface area contributed by atoms with E-state index in [0.29, 0.717) is 0 Å². The summed E-state index contributed by atoms with van der Waals surface area (Å²) in [6, 6.07) is 39.7. The Bertz CT molecular complexity index is 1660. The standard InChI is InChI=1S/C35H28ClN/c1-34(2,3)22-19-20-31(30(36)21-22)37-32-18-10-17-29-33(32)25-13-6-9-16-28(25)35(29)26-14-7-4-11-23(26)24-12-5-8-15-27(24)35/h4-21,37H,1-3H3. The van der Waals surface area contributed by atoms with Crippen LogP contribution in [-0.2, 0) is 10.8 Å². The highest BCUT2D eigenvalue weighted by Gasteiger charge is 2.51. The average molecular weight is 498 g/mol. The number of rotatable bonds is 2. The van der Waals surface area contributed by atoms with Crippen LogP contribution in [0.4, 0.5) is 11.4 Å². The smallest absolute Gasteiger partial charge is 0.0726 e. The summed E-state index contributed by atoms with van der Waals surface area (Å²) in [4.78, 5) is 0. The zero-order valence-corrected chi connectivity index (χ0v) is 22.0. The van der Waals surface area contributed by atoms with Crippen LogP contribution >= 0.6 is 11.6 Å². The van der Waals surface area contributed by atoms with Crippen LogP contribution in [-0.4, -0.2) is 0 Å². The molecule has 180 valence electrons. The number of hydrogen-bond donors (Lipinski definition) is 1. The second-order valence-corrected chi connectivity index (χ2v) is 11.6. The molecule has 1 nitrogen and oxygen atoms in total. The van der Waals surface area contributed by atoms with Crippen molar-refractivity contribution in [3.63, 3.8) is 0 Å². The lowest BCUT2D eigenvalue weighted by Gasteiger charge is -2.30. The lowest BCUT2D eigenvalue weighted by molar-refractivity contribution is 0.590. The molecular formula is C35H28ClN. The fraction of sp³-hybridized carbons (Fsp3) is 0.143. The summed E-state index contributed by atoms with van der Waals surface area (Å²) < 4.78 is 0. The van der Waals surface area contributed by atoms with Crippen LogP contribution in [0.3, 0.4) is 0 Å². The third-order valence-electron chi connectivity index (χ3n) is 8.13. The van der Waals surface area contributed by atoms with E-state index in [-0.39, 0.29) is 10.8 Å². The van der Waals surface area contributed by atoms with E-state index in [1.54, 1.807) is 0 Å². The normalized spacial score (nSPS) is 14.2. The first-order valence-corrected chi connectivity index (χ1v) is 13.3. The molecule has 7 rings (SSSR count). The Morgan fingerprint density at radius 2 is 1.11 bits per heavy atom. The number of halogens is 1. The van der Waals surface area contributed by atoms with Gasteiger partial charge in [0.1, 0.15) is 0 Å². The third-order valence-corrected chi connectivity index (χ3v) is 8.44. The van der Waals surface area contributed by atoms with Gasteiger partial charge in [0.05, 0.1) is 16.1 Å². The molecule has 0 saturated heterocycles. The first-order valence-electron chi connectivity index (χ1n) is 12.9. The molecule has 0 unspecified atom stereocenters. The molecule has 0 atom stereocenters. The van der Waals surface area contributed by atoms with Gasteiger partial charge in [-0.2, -0.15) is 0 Å². The molecule has 2 aliphatic carbocycles. The van der Waals surface area contributed by atoms with E-state index in [1.165, 1.54) is 50.1 Å². The van der Waals surface area contributed by atoms with Crippen LogP contribution in [0.15, 0.2) is 109 Å². The number of nitrogens with one attached hydrogen (secondary N) is 1. The van der Waals surface area contributed by atoms with Crippen molar-refractivity contribution in [2.24, 2.45) is 0 Å². The summed E-state index contributed by atoms with van der Waals surface area (Å²) >= 11 is 6.83. The largest absolute Gasteiger partial charge is 0.354 e. The third kappa shape index (κ3) is 3.04. The molecule has 0 amide bonds. The molecule has 5 aromatic carbocycles. The van der Waals surface area contributed by atoms with Crippen LogP contribution in [0.1, 0.15) is 48.6 Å². The van der Waals surface area contributed by atoms with Gasteiger partial charge in [0, 0.05) is 11.3 Å². The highest BCUT2D eigenvalue weighted by atomic mass is 35.5. The van der Waals surface area contributed by atoms with E-state index in [1.807, 2.05) is 0 Å². The van der Waals surface area contributed by atoms with Gasteiger partial charge in [-0.25, -0.2) is 0 Å². The van der Waals surface area contributed by atoms with Crippen molar-refractivity contribution >= 4 is 23.0 Å². The van der Waals surface area contributed by atoms with Gasteiger partial charge in [-0.1, -0.05) is 123 Å². The van der Waals surface area contributed by atoms with Gasteiger partial charge in [-0.05, 0) is 68.1 Å². The summed E-state index contributed by atoms with van der Waals surface area (Å²) in [5.74, 6) is 0. The fourth-order valence-electron chi connectivity index (χ4n) is 6.48. The van der Waals surface area contributed by atoms with Crippen LogP contribution in [0.2, 0.25) is 5.02 Å². The van der Waals surface area contributed by atoms with Gasteiger partial charge < -0.3 is 5.32 Å². The molecule has 0 heterocycles. The van der Waals surface area contributed by atoms with Crippen LogP contribution in [0.5, 0.6) is 0 Å². The van der Waals surface area contributed by atoms with Crippen molar-refractivity contribution in [1.29, 1.82) is 0 Å². The molecule has 0 aromatic heterocycles. The van der Waals surface area contributed by atoms with E-state index >= 15 is 0 Å². The Hall–Kier alpha value is -3.81.